The monoisotopic (exact) mass is 255 g/mol. The number of hydrogen-bond acceptors (Lipinski definition) is 2. The second-order valence-electron chi connectivity index (χ2n) is 4.82. The van der Waals surface area contributed by atoms with Crippen LogP contribution in [0.5, 0.6) is 0 Å². The molecule has 18 heavy (non-hydrogen) atoms. The van der Waals surface area contributed by atoms with E-state index in [9.17, 15) is 0 Å². The standard InChI is InChI=1S/C14H27NO.C2H6/c1-4-13(3)7-6-12-16-14-8-10-15(5-2)11-9-14;1-2/h8,10,13-14H,4-7,9,11-12H2,1-3H3;1-2H3. The summed E-state index contributed by atoms with van der Waals surface area (Å²) in [6, 6.07) is 0. The molecule has 0 N–H and O–H groups in total. The highest BCUT2D eigenvalue weighted by Crippen LogP contribution is 2.13. The lowest BCUT2D eigenvalue weighted by Crippen LogP contribution is -2.28. The Morgan fingerprint density at radius 2 is 2.06 bits per heavy atom. The first-order chi connectivity index (χ1) is 8.76. The zero-order valence-corrected chi connectivity index (χ0v) is 13.1. The molecule has 0 fully saturated rings. The molecule has 2 nitrogen and oxygen atoms in total. The van der Waals surface area contributed by atoms with Gasteiger partial charge >= 0.3 is 0 Å². The zero-order chi connectivity index (χ0) is 13.8. The quantitative estimate of drug-likeness (QED) is 0.623. The summed E-state index contributed by atoms with van der Waals surface area (Å²) in [7, 11) is 0. The molecule has 1 rings (SSSR count). The van der Waals surface area contributed by atoms with Gasteiger partial charge in [-0.25, -0.2) is 0 Å². The van der Waals surface area contributed by atoms with Gasteiger partial charge in [-0.1, -0.05) is 34.1 Å². The molecule has 0 saturated carbocycles. The number of ether oxygens (including phenoxy) is 1. The Hall–Kier alpha value is -0.500. The molecule has 2 heteroatoms. The van der Waals surface area contributed by atoms with Crippen molar-refractivity contribution in [2.75, 3.05) is 19.7 Å². The number of rotatable bonds is 7. The van der Waals surface area contributed by atoms with E-state index in [0.717, 1.165) is 32.0 Å². The summed E-state index contributed by atoms with van der Waals surface area (Å²) in [4.78, 5) is 2.33. The third-order valence-corrected chi connectivity index (χ3v) is 3.49. The average Bonchev–Trinajstić information content (AvgIpc) is 2.46. The molecule has 1 aliphatic heterocycles. The number of hydrogen-bond donors (Lipinski definition) is 0. The lowest BCUT2D eigenvalue weighted by molar-refractivity contribution is 0.0626. The highest BCUT2D eigenvalue weighted by atomic mass is 16.5. The van der Waals surface area contributed by atoms with Crippen LogP contribution in [0.2, 0.25) is 0 Å². The maximum absolute atomic E-state index is 5.86. The molecule has 0 radical (unpaired) electrons. The fourth-order valence-electron chi connectivity index (χ4n) is 1.95. The van der Waals surface area contributed by atoms with Crippen molar-refractivity contribution in [3.8, 4) is 0 Å². The van der Waals surface area contributed by atoms with Crippen LogP contribution in [0.4, 0.5) is 0 Å². The molecule has 2 atom stereocenters. The summed E-state index contributed by atoms with van der Waals surface area (Å²) in [6.45, 7) is 13.9. The van der Waals surface area contributed by atoms with Crippen molar-refractivity contribution in [1.82, 2.24) is 4.90 Å². The lowest BCUT2D eigenvalue weighted by Gasteiger charge is -2.26. The van der Waals surface area contributed by atoms with Crippen molar-refractivity contribution in [3.05, 3.63) is 12.3 Å². The summed E-state index contributed by atoms with van der Waals surface area (Å²) in [6.07, 6.45) is 9.69. The Balaban J connectivity index is 0.00000137. The van der Waals surface area contributed by atoms with Crippen LogP contribution in [-0.2, 0) is 4.74 Å². The molecule has 0 saturated heterocycles. The Kier molecular flexibility index (Phi) is 11.3. The third-order valence-electron chi connectivity index (χ3n) is 3.49. The van der Waals surface area contributed by atoms with Crippen LogP contribution < -0.4 is 0 Å². The predicted molar refractivity (Wildman–Crippen MR) is 80.8 cm³/mol. The summed E-state index contributed by atoms with van der Waals surface area (Å²) in [5, 5.41) is 0. The van der Waals surface area contributed by atoms with Crippen molar-refractivity contribution in [1.29, 1.82) is 0 Å². The maximum Gasteiger partial charge on any atom is 0.0789 e. The molecule has 0 aromatic carbocycles. The van der Waals surface area contributed by atoms with E-state index >= 15 is 0 Å². The molecule has 0 aromatic rings. The summed E-state index contributed by atoms with van der Waals surface area (Å²) < 4.78 is 5.86. The van der Waals surface area contributed by atoms with Gasteiger partial charge in [0.15, 0.2) is 0 Å². The maximum atomic E-state index is 5.86. The van der Waals surface area contributed by atoms with Crippen LogP contribution in [0, 0.1) is 5.92 Å². The van der Waals surface area contributed by atoms with E-state index in [1.807, 2.05) is 13.8 Å². The molecule has 0 spiro atoms. The van der Waals surface area contributed by atoms with E-state index in [4.69, 9.17) is 4.74 Å². The van der Waals surface area contributed by atoms with Gasteiger partial charge in [-0.15, -0.1) is 0 Å². The minimum atomic E-state index is 0.361. The molecule has 108 valence electrons. The van der Waals surface area contributed by atoms with E-state index < -0.39 is 0 Å². The second kappa shape index (κ2) is 11.6. The highest BCUT2D eigenvalue weighted by molar-refractivity contribution is 4.94. The molecular formula is C16H33NO. The van der Waals surface area contributed by atoms with Gasteiger partial charge < -0.3 is 9.64 Å². The SMILES string of the molecule is CC.CCC(C)CCCOC1C=CN(CC)CC1. The van der Waals surface area contributed by atoms with Crippen molar-refractivity contribution >= 4 is 0 Å². The van der Waals surface area contributed by atoms with Gasteiger partial charge in [0.2, 0.25) is 0 Å². The van der Waals surface area contributed by atoms with Crippen molar-refractivity contribution in [2.24, 2.45) is 5.92 Å². The summed E-state index contributed by atoms with van der Waals surface area (Å²) in [5.41, 5.74) is 0. The van der Waals surface area contributed by atoms with Gasteiger partial charge in [-0.05, 0) is 44.4 Å². The molecule has 0 aliphatic carbocycles. The van der Waals surface area contributed by atoms with Crippen molar-refractivity contribution in [2.45, 2.75) is 66.4 Å². The summed E-state index contributed by atoms with van der Waals surface area (Å²) in [5.74, 6) is 0.848. The normalized spacial score (nSPS) is 20.3. The lowest BCUT2D eigenvalue weighted by atomic mass is 10.0. The smallest absolute Gasteiger partial charge is 0.0789 e. The van der Waals surface area contributed by atoms with Crippen LogP contribution in [0.1, 0.15) is 60.3 Å². The number of nitrogens with zero attached hydrogens (tertiary/aromatic N) is 1. The highest BCUT2D eigenvalue weighted by Gasteiger charge is 2.11. The van der Waals surface area contributed by atoms with E-state index in [-0.39, 0.29) is 0 Å². The molecule has 0 amide bonds. The Labute approximate surface area is 114 Å². The average molecular weight is 255 g/mol. The van der Waals surface area contributed by atoms with Crippen LogP contribution in [0.15, 0.2) is 12.3 Å². The Morgan fingerprint density at radius 1 is 1.33 bits per heavy atom. The van der Waals surface area contributed by atoms with Crippen LogP contribution in [0.25, 0.3) is 0 Å². The minimum Gasteiger partial charge on any atom is -0.378 e. The summed E-state index contributed by atoms with van der Waals surface area (Å²) >= 11 is 0. The van der Waals surface area contributed by atoms with Crippen molar-refractivity contribution < 1.29 is 4.74 Å². The first-order valence-electron chi connectivity index (χ1n) is 7.80. The second-order valence-corrected chi connectivity index (χ2v) is 4.82. The fourth-order valence-corrected chi connectivity index (χ4v) is 1.95. The van der Waals surface area contributed by atoms with Crippen LogP contribution in [0.3, 0.4) is 0 Å². The third kappa shape index (κ3) is 7.75. The largest absolute Gasteiger partial charge is 0.378 e. The zero-order valence-electron chi connectivity index (χ0n) is 13.1. The van der Waals surface area contributed by atoms with E-state index in [1.165, 1.54) is 19.3 Å². The molecular weight excluding hydrogens is 222 g/mol. The van der Waals surface area contributed by atoms with Crippen LogP contribution >= 0.6 is 0 Å². The van der Waals surface area contributed by atoms with E-state index in [2.05, 4.69) is 37.9 Å². The topological polar surface area (TPSA) is 12.5 Å². The van der Waals surface area contributed by atoms with Gasteiger partial charge in [-0.2, -0.15) is 0 Å². The van der Waals surface area contributed by atoms with Gasteiger partial charge in [0.1, 0.15) is 0 Å². The molecule has 1 aliphatic rings. The molecule has 0 aromatic heterocycles. The first kappa shape index (κ1) is 17.5. The van der Waals surface area contributed by atoms with Crippen LogP contribution in [-0.4, -0.2) is 30.7 Å². The molecule has 1 heterocycles. The Bertz CT molecular complexity index is 203. The first-order valence-corrected chi connectivity index (χ1v) is 7.80. The minimum absolute atomic E-state index is 0.361. The van der Waals surface area contributed by atoms with E-state index in [1.54, 1.807) is 0 Å². The van der Waals surface area contributed by atoms with E-state index in [0.29, 0.717) is 6.10 Å². The van der Waals surface area contributed by atoms with Gasteiger partial charge in [-0.3, -0.25) is 0 Å². The van der Waals surface area contributed by atoms with Gasteiger partial charge in [0, 0.05) is 19.7 Å². The Morgan fingerprint density at radius 3 is 2.56 bits per heavy atom. The molecule has 2 unspecified atom stereocenters. The van der Waals surface area contributed by atoms with Crippen molar-refractivity contribution in [3.63, 3.8) is 0 Å². The van der Waals surface area contributed by atoms with Gasteiger partial charge in [0.25, 0.3) is 0 Å². The fraction of sp³-hybridized carbons (Fsp3) is 0.875. The van der Waals surface area contributed by atoms with Gasteiger partial charge in [0.05, 0.1) is 6.10 Å². The predicted octanol–water partition coefficient (Wildman–Crippen LogP) is 4.46. The molecule has 0 bridgehead atoms.